The summed E-state index contributed by atoms with van der Waals surface area (Å²) in [6.07, 6.45) is 10.5. The minimum absolute atomic E-state index is 0.284. The minimum atomic E-state index is -0.741. The van der Waals surface area contributed by atoms with Gasteiger partial charge in [0, 0.05) is 6.42 Å². The number of allylic oxidation sites excluding steroid dienone is 3. The molecule has 3 N–H and O–H groups in total. The highest BCUT2D eigenvalue weighted by Crippen LogP contribution is 2.60. The van der Waals surface area contributed by atoms with Crippen LogP contribution in [0.5, 0.6) is 0 Å². The van der Waals surface area contributed by atoms with Gasteiger partial charge in [-0.25, -0.2) is 0 Å². The zero-order chi connectivity index (χ0) is 23.0. The van der Waals surface area contributed by atoms with Crippen LogP contribution in [0.3, 0.4) is 0 Å². The van der Waals surface area contributed by atoms with Gasteiger partial charge >= 0.3 is 0 Å². The Hall–Kier alpha value is -0.900. The van der Waals surface area contributed by atoms with E-state index in [1.807, 2.05) is 13.8 Å². The average Bonchev–Trinajstić information content (AvgIpc) is 3.01. The Morgan fingerprint density at radius 3 is 2.77 bits per heavy atom. The van der Waals surface area contributed by atoms with Crippen molar-refractivity contribution in [3.05, 3.63) is 35.4 Å². The van der Waals surface area contributed by atoms with Gasteiger partial charge < -0.3 is 15.3 Å². The van der Waals surface area contributed by atoms with E-state index in [9.17, 15) is 15.3 Å². The van der Waals surface area contributed by atoms with Gasteiger partial charge in [0.05, 0.1) is 19.2 Å². The highest BCUT2D eigenvalue weighted by molar-refractivity contribution is 5.38. The topological polar surface area (TPSA) is 60.7 Å². The molecule has 0 amide bonds. The molecule has 0 saturated heterocycles. The number of rotatable bonds is 6. The van der Waals surface area contributed by atoms with Crippen molar-refractivity contribution in [2.75, 3.05) is 0 Å². The fourth-order valence-corrected chi connectivity index (χ4v) is 6.63. The summed E-state index contributed by atoms with van der Waals surface area (Å²) in [5, 5.41) is 30.3. The lowest BCUT2D eigenvalue weighted by Gasteiger charge is -2.44. The van der Waals surface area contributed by atoms with Crippen molar-refractivity contribution in [1.82, 2.24) is 0 Å². The summed E-state index contributed by atoms with van der Waals surface area (Å²) in [6.45, 7) is 12.7. The van der Waals surface area contributed by atoms with Crippen molar-refractivity contribution in [2.24, 2.45) is 23.2 Å². The van der Waals surface area contributed by atoms with E-state index in [1.54, 1.807) is 0 Å². The first-order valence-corrected chi connectivity index (χ1v) is 12.1. The van der Waals surface area contributed by atoms with Gasteiger partial charge in [-0.1, -0.05) is 51.0 Å². The predicted molar refractivity (Wildman–Crippen MR) is 124 cm³/mol. The van der Waals surface area contributed by atoms with Gasteiger partial charge in [-0.3, -0.25) is 0 Å². The molecule has 0 unspecified atom stereocenters. The average molecular weight is 418 g/mol. The molecule has 0 heterocycles. The van der Waals surface area contributed by atoms with Crippen molar-refractivity contribution in [1.29, 1.82) is 0 Å². The van der Waals surface area contributed by atoms with Crippen molar-refractivity contribution < 1.29 is 16.7 Å². The van der Waals surface area contributed by atoms with E-state index in [0.29, 0.717) is 42.2 Å². The molecule has 3 saturated carbocycles. The summed E-state index contributed by atoms with van der Waals surface area (Å²) >= 11 is 0. The number of fused-ring (bicyclic) bond motifs is 1. The van der Waals surface area contributed by atoms with Crippen LogP contribution >= 0.6 is 0 Å². The van der Waals surface area contributed by atoms with Gasteiger partial charge in [0.15, 0.2) is 0 Å². The molecule has 0 aromatic rings. The number of aliphatic hydroxyl groups is 3. The Labute approximate surface area is 185 Å². The van der Waals surface area contributed by atoms with E-state index >= 15 is 0 Å². The van der Waals surface area contributed by atoms with E-state index in [-0.39, 0.29) is 5.41 Å². The normalized spacial score (nSPS) is 39.6. The lowest BCUT2D eigenvalue weighted by atomic mass is 9.60. The van der Waals surface area contributed by atoms with Crippen LogP contribution in [0.4, 0.5) is 0 Å². The van der Waals surface area contributed by atoms with Gasteiger partial charge in [0.2, 0.25) is 0 Å². The van der Waals surface area contributed by atoms with Crippen molar-refractivity contribution in [3.63, 3.8) is 0 Å². The maximum absolute atomic E-state index is 10.2. The molecule has 3 rings (SSSR count). The molecule has 0 spiro atoms. The summed E-state index contributed by atoms with van der Waals surface area (Å²) in [4.78, 5) is 0. The molecular formula is C27H44O3. The zero-order valence-electron chi connectivity index (χ0n) is 20.6. The molecule has 0 aromatic carbocycles. The second-order valence-electron chi connectivity index (χ2n) is 11.3. The molecule has 3 heteroatoms. The van der Waals surface area contributed by atoms with Crippen molar-refractivity contribution in [3.8, 4) is 0 Å². The Kier molecular flexibility index (Phi) is 6.91. The lowest BCUT2D eigenvalue weighted by molar-refractivity contribution is 0.0596. The predicted octanol–water partition coefficient (Wildman–Crippen LogP) is 5.70. The van der Waals surface area contributed by atoms with Gasteiger partial charge in [-0.05, 0) is 93.1 Å². The second-order valence-corrected chi connectivity index (χ2v) is 11.3. The van der Waals surface area contributed by atoms with Gasteiger partial charge in [-0.15, -0.1) is 0 Å². The SMILES string of the molecule is [2H]C(/C=C1\CCC[C@]2(C)[C@@H]([C@H](C)CCCC(C)(C)O)CC[C@@H]12)=C1\C[C@@H](O)C[C@H](O)C1=C. The first kappa shape index (κ1) is 22.3. The number of hydrogen-bond acceptors (Lipinski definition) is 3. The van der Waals surface area contributed by atoms with Crippen LogP contribution in [0.1, 0.15) is 93.3 Å². The first-order valence-electron chi connectivity index (χ1n) is 12.6. The highest BCUT2D eigenvalue weighted by atomic mass is 16.3. The van der Waals surface area contributed by atoms with Crippen LogP contribution in [0.2, 0.25) is 0 Å². The van der Waals surface area contributed by atoms with E-state index in [1.165, 1.54) is 37.7 Å². The molecule has 3 fully saturated rings. The third kappa shape index (κ3) is 5.29. The summed E-state index contributed by atoms with van der Waals surface area (Å²) < 4.78 is 8.71. The molecule has 170 valence electrons. The zero-order valence-corrected chi connectivity index (χ0v) is 19.6. The smallest absolute Gasteiger partial charge is 0.0811 e. The van der Waals surface area contributed by atoms with Crippen LogP contribution < -0.4 is 0 Å². The van der Waals surface area contributed by atoms with Gasteiger partial charge in [0.1, 0.15) is 0 Å². The van der Waals surface area contributed by atoms with E-state index < -0.39 is 17.8 Å². The number of hydrogen-bond donors (Lipinski definition) is 3. The lowest BCUT2D eigenvalue weighted by Crippen LogP contribution is -2.36. The Balaban J connectivity index is 1.76. The highest BCUT2D eigenvalue weighted by Gasteiger charge is 2.50. The summed E-state index contributed by atoms with van der Waals surface area (Å²) in [7, 11) is 0. The van der Waals surface area contributed by atoms with Crippen LogP contribution in [0, 0.1) is 23.2 Å². The standard InChI is InChI=1S/C27H44O3/c1-18(8-6-14-26(3,4)30)23-12-13-24-20(9-7-15-27(23,24)5)10-11-21-16-22(28)17-25(29)19(21)2/h10-11,18,22-25,28-30H,2,6-9,12-17H2,1,3-5H3/b20-10+,21-11-/t18-,22-,23-,24+,25+,27-/m1/s1/i11D. The maximum Gasteiger partial charge on any atom is 0.0811 e. The van der Waals surface area contributed by atoms with Crippen LogP contribution in [0.25, 0.3) is 0 Å². The Morgan fingerprint density at radius 2 is 2.07 bits per heavy atom. The molecule has 6 atom stereocenters. The second kappa shape index (κ2) is 9.30. The van der Waals surface area contributed by atoms with E-state index in [4.69, 9.17) is 1.37 Å². The fraction of sp³-hybridized carbons (Fsp3) is 0.778. The van der Waals surface area contributed by atoms with E-state index in [0.717, 1.165) is 24.8 Å². The molecule has 0 bridgehead atoms. The van der Waals surface area contributed by atoms with Crippen LogP contribution in [-0.4, -0.2) is 33.1 Å². The summed E-state index contributed by atoms with van der Waals surface area (Å²) in [6, 6.07) is 0.434. The molecule has 3 nitrogen and oxygen atoms in total. The molecule has 30 heavy (non-hydrogen) atoms. The van der Waals surface area contributed by atoms with Crippen molar-refractivity contribution >= 4 is 0 Å². The third-order valence-corrected chi connectivity index (χ3v) is 8.33. The monoisotopic (exact) mass is 417 g/mol. The van der Waals surface area contributed by atoms with E-state index in [2.05, 4.69) is 26.5 Å². The molecular weight excluding hydrogens is 372 g/mol. The van der Waals surface area contributed by atoms with Crippen molar-refractivity contribution in [2.45, 2.75) is 110 Å². The first-order chi connectivity index (χ1) is 14.4. The number of aliphatic hydroxyl groups excluding tert-OH is 2. The minimum Gasteiger partial charge on any atom is -0.393 e. The summed E-state index contributed by atoms with van der Waals surface area (Å²) in [5.74, 6) is 1.86. The molecule has 0 aliphatic heterocycles. The quantitative estimate of drug-likeness (QED) is 0.519. The maximum atomic E-state index is 10.2. The van der Waals surface area contributed by atoms with Crippen LogP contribution in [0.15, 0.2) is 35.4 Å². The molecule has 0 radical (unpaired) electrons. The molecule has 0 aromatic heterocycles. The van der Waals surface area contributed by atoms with Crippen LogP contribution in [-0.2, 0) is 0 Å². The third-order valence-electron chi connectivity index (χ3n) is 8.33. The van der Waals surface area contributed by atoms with Gasteiger partial charge in [-0.2, -0.15) is 0 Å². The fourth-order valence-electron chi connectivity index (χ4n) is 6.63. The Bertz CT molecular complexity index is 731. The largest absolute Gasteiger partial charge is 0.393 e. The summed E-state index contributed by atoms with van der Waals surface area (Å²) in [5.41, 5.74) is 2.42. The molecule has 3 aliphatic rings. The molecule has 3 aliphatic carbocycles. The Morgan fingerprint density at radius 1 is 1.33 bits per heavy atom. The van der Waals surface area contributed by atoms with Gasteiger partial charge in [0.25, 0.3) is 0 Å².